The molecule has 0 aliphatic carbocycles. The first-order chi connectivity index (χ1) is 8.43. The molecule has 1 aromatic rings. The molecule has 0 aliphatic heterocycles. The van der Waals surface area contributed by atoms with Gasteiger partial charge in [0.15, 0.2) is 0 Å². The molecule has 0 bridgehead atoms. The molecule has 2 N–H and O–H groups in total. The molecule has 1 rings (SSSR count). The van der Waals surface area contributed by atoms with Crippen LogP contribution in [-0.4, -0.2) is 24.1 Å². The number of carboxylic acid groups (broad SMARTS) is 1. The monoisotopic (exact) mass is 251 g/mol. The van der Waals surface area contributed by atoms with Crippen LogP contribution in [0.15, 0.2) is 12.1 Å². The van der Waals surface area contributed by atoms with Gasteiger partial charge in [0.2, 0.25) is 5.91 Å². The van der Waals surface area contributed by atoms with E-state index in [1.165, 1.54) is 0 Å². The van der Waals surface area contributed by atoms with Gasteiger partial charge in [-0.25, -0.2) is 0 Å². The minimum Gasteiger partial charge on any atom is -0.496 e. The van der Waals surface area contributed by atoms with Crippen LogP contribution < -0.4 is 10.1 Å². The van der Waals surface area contributed by atoms with Gasteiger partial charge in [-0.15, -0.1) is 0 Å². The van der Waals surface area contributed by atoms with E-state index in [1.54, 1.807) is 19.2 Å². The van der Waals surface area contributed by atoms with Crippen molar-refractivity contribution in [1.82, 2.24) is 0 Å². The van der Waals surface area contributed by atoms with Crippen LogP contribution in [0, 0.1) is 13.8 Å². The van der Waals surface area contributed by atoms with Crippen molar-refractivity contribution in [1.29, 1.82) is 0 Å². The van der Waals surface area contributed by atoms with Gasteiger partial charge in [-0.3, -0.25) is 9.59 Å². The fourth-order valence-electron chi connectivity index (χ4n) is 1.79. The van der Waals surface area contributed by atoms with E-state index in [1.807, 2.05) is 13.8 Å². The van der Waals surface area contributed by atoms with Gasteiger partial charge in [0.25, 0.3) is 0 Å². The van der Waals surface area contributed by atoms with E-state index >= 15 is 0 Å². The maximum atomic E-state index is 11.5. The molecule has 0 unspecified atom stereocenters. The number of hydrogen-bond acceptors (Lipinski definition) is 3. The summed E-state index contributed by atoms with van der Waals surface area (Å²) in [5.41, 5.74) is 2.50. The SMILES string of the molecule is COc1c(C)cc(NC(=O)CCC(=O)O)cc1C. The van der Waals surface area contributed by atoms with Crippen LogP contribution in [0.3, 0.4) is 0 Å². The molecular formula is C13H17NO4. The number of carboxylic acids is 1. The lowest BCUT2D eigenvalue weighted by Crippen LogP contribution is -2.13. The highest BCUT2D eigenvalue weighted by atomic mass is 16.5. The highest BCUT2D eigenvalue weighted by Crippen LogP contribution is 2.26. The molecule has 0 heterocycles. The summed E-state index contributed by atoms with van der Waals surface area (Å²) in [4.78, 5) is 21.8. The molecule has 0 aromatic heterocycles. The summed E-state index contributed by atoms with van der Waals surface area (Å²) in [7, 11) is 1.60. The fourth-order valence-corrected chi connectivity index (χ4v) is 1.79. The lowest BCUT2D eigenvalue weighted by Gasteiger charge is -2.12. The van der Waals surface area contributed by atoms with E-state index in [9.17, 15) is 9.59 Å². The lowest BCUT2D eigenvalue weighted by molar-refractivity contribution is -0.138. The minimum atomic E-state index is -0.979. The molecule has 0 saturated heterocycles. The first kappa shape index (κ1) is 14.0. The number of anilines is 1. The molecule has 0 aliphatic rings. The van der Waals surface area contributed by atoms with Crippen molar-refractivity contribution in [2.45, 2.75) is 26.7 Å². The number of carbonyl (C=O) groups excluding carboxylic acids is 1. The summed E-state index contributed by atoms with van der Waals surface area (Å²) in [6, 6.07) is 3.59. The van der Waals surface area contributed by atoms with Crippen molar-refractivity contribution in [2.75, 3.05) is 12.4 Å². The highest BCUT2D eigenvalue weighted by Gasteiger charge is 2.09. The number of amides is 1. The fraction of sp³-hybridized carbons (Fsp3) is 0.385. The highest BCUT2D eigenvalue weighted by molar-refractivity contribution is 5.92. The van der Waals surface area contributed by atoms with Crippen LogP contribution in [0.2, 0.25) is 0 Å². The molecule has 0 spiro atoms. The van der Waals surface area contributed by atoms with E-state index in [-0.39, 0.29) is 18.7 Å². The standard InChI is InChI=1S/C13H17NO4/c1-8-6-10(7-9(2)13(8)18-3)14-11(15)4-5-12(16)17/h6-7H,4-5H2,1-3H3,(H,14,15)(H,16,17). The second-order valence-electron chi connectivity index (χ2n) is 4.09. The van der Waals surface area contributed by atoms with Gasteiger partial charge in [0.1, 0.15) is 5.75 Å². The van der Waals surface area contributed by atoms with Gasteiger partial charge in [-0.05, 0) is 37.1 Å². The Hall–Kier alpha value is -2.04. The number of methoxy groups -OCH3 is 1. The number of carbonyl (C=O) groups is 2. The first-order valence-corrected chi connectivity index (χ1v) is 5.61. The van der Waals surface area contributed by atoms with E-state index in [0.29, 0.717) is 5.69 Å². The Morgan fingerprint density at radius 2 is 1.78 bits per heavy atom. The Kier molecular flexibility index (Phi) is 4.71. The molecule has 1 amide bonds. The number of nitrogens with one attached hydrogen (secondary N) is 1. The van der Waals surface area contributed by atoms with Crippen molar-refractivity contribution >= 4 is 17.6 Å². The normalized spacial score (nSPS) is 9.94. The Labute approximate surface area is 106 Å². The second kappa shape index (κ2) is 6.05. The predicted octanol–water partition coefficient (Wildman–Crippen LogP) is 2.12. The molecule has 18 heavy (non-hydrogen) atoms. The van der Waals surface area contributed by atoms with E-state index in [0.717, 1.165) is 16.9 Å². The summed E-state index contributed by atoms with van der Waals surface area (Å²) in [5.74, 6) is -0.493. The molecule has 5 heteroatoms. The largest absolute Gasteiger partial charge is 0.496 e. The van der Waals surface area contributed by atoms with E-state index < -0.39 is 5.97 Å². The number of rotatable bonds is 5. The number of aliphatic carboxylic acids is 1. The Bertz CT molecular complexity index is 445. The smallest absolute Gasteiger partial charge is 0.303 e. The maximum absolute atomic E-state index is 11.5. The van der Waals surface area contributed by atoms with Crippen molar-refractivity contribution in [2.24, 2.45) is 0 Å². The van der Waals surface area contributed by atoms with Crippen LogP contribution in [0.5, 0.6) is 5.75 Å². The third-order valence-electron chi connectivity index (χ3n) is 2.51. The van der Waals surface area contributed by atoms with Crippen molar-refractivity contribution < 1.29 is 19.4 Å². The van der Waals surface area contributed by atoms with Gasteiger partial charge in [0.05, 0.1) is 13.5 Å². The zero-order valence-electron chi connectivity index (χ0n) is 10.7. The topological polar surface area (TPSA) is 75.6 Å². The first-order valence-electron chi connectivity index (χ1n) is 5.61. The summed E-state index contributed by atoms with van der Waals surface area (Å²) < 4.78 is 5.22. The van der Waals surface area contributed by atoms with E-state index in [2.05, 4.69) is 5.32 Å². The van der Waals surface area contributed by atoms with Gasteiger partial charge >= 0.3 is 5.97 Å². The maximum Gasteiger partial charge on any atom is 0.303 e. The molecular weight excluding hydrogens is 234 g/mol. The number of hydrogen-bond donors (Lipinski definition) is 2. The average molecular weight is 251 g/mol. The summed E-state index contributed by atoms with van der Waals surface area (Å²) in [6.45, 7) is 3.78. The Morgan fingerprint density at radius 3 is 2.22 bits per heavy atom. The van der Waals surface area contributed by atoms with E-state index in [4.69, 9.17) is 9.84 Å². The number of benzene rings is 1. The minimum absolute atomic E-state index is 0.0283. The van der Waals surface area contributed by atoms with Crippen molar-refractivity contribution in [3.8, 4) is 5.75 Å². The van der Waals surface area contributed by atoms with Gasteiger partial charge in [-0.2, -0.15) is 0 Å². The molecule has 1 aromatic carbocycles. The summed E-state index contributed by atoms with van der Waals surface area (Å²) in [5, 5.41) is 11.2. The summed E-state index contributed by atoms with van der Waals surface area (Å²) >= 11 is 0. The lowest BCUT2D eigenvalue weighted by atomic mass is 10.1. The van der Waals surface area contributed by atoms with Crippen LogP contribution in [0.4, 0.5) is 5.69 Å². The Morgan fingerprint density at radius 1 is 1.22 bits per heavy atom. The van der Waals surface area contributed by atoms with Gasteiger partial charge < -0.3 is 15.2 Å². The third kappa shape index (κ3) is 3.76. The molecule has 0 fully saturated rings. The second-order valence-corrected chi connectivity index (χ2v) is 4.09. The van der Waals surface area contributed by atoms with Crippen molar-refractivity contribution in [3.63, 3.8) is 0 Å². The molecule has 98 valence electrons. The van der Waals surface area contributed by atoms with Crippen LogP contribution in [0.25, 0.3) is 0 Å². The third-order valence-corrected chi connectivity index (χ3v) is 2.51. The summed E-state index contributed by atoms with van der Waals surface area (Å²) in [6.07, 6.45) is -0.195. The predicted molar refractivity (Wildman–Crippen MR) is 68.0 cm³/mol. The van der Waals surface area contributed by atoms with Crippen LogP contribution in [0.1, 0.15) is 24.0 Å². The zero-order valence-corrected chi connectivity index (χ0v) is 10.7. The molecule has 5 nitrogen and oxygen atoms in total. The van der Waals surface area contributed by atoms with Gasteiger partial charge in [0, 0.05) is 12.1 Å². The quantitative estimate of drug-likeness (QED) is 0.840. The number of ether oxygens (including phenoxy) is 1. The molecule has 0 atom stereocenters. The zero-order chi connectivity index (χ0) is 13.7. The Balaban J connectivity index is 2.74. The molecule has 0 radical (unpaired) electrons. The average Bonchev–Trinajstić information content (AvgIpc) is 2.26. The van der Waals surface area contributed by atoms with Crippen LogP contribution >= 0.6 is 0 Å². The molecule has 0 saturated carbocycles. The van der Waals surface area contributed by atoms with Gasteiger partial charge in [-0.1, -0.05) is 0 Å². The number of aryl methyl sites for hydroxylation is 2. The van der Waals surface area contributed by atoms with Crippen LogP contribution in [-0.2, 0) is 9.59 Å². The van der Waals surface area contributed by atoms with Crippen molar-refractivity contribution in [3.05, 3.63) is 23.3 Å².